The van der Waals surface area contributed by atoms with Gasteiger partial charge in [-0.1, -0.05) is 45.3 Å². The van der Waals surface area contributed by atoms with Gasteiger partial charge in [0.25, 0.3) is 0 Å². The van der Waals surface area contributed by atoms with Gasteiger partial charge in [0.1, 0.15) is 6.23 Å². The Labute approximate surface area is 189 Å². The molecule has 0 aromatic carbocycles. The number of allylic oxidation sites excluding steroid dienone is 1. The molecule has 0 radical (unpaired) electrons. The molecule has 0 saturated heterocycles. The Morgan fingerprint density at radius 3 is 2.48 bits per heavy atom. The molecule has 0 aromatic heterocycles. The third kappa shape index (κ3) is 4.39. The number of hydrogen-bond acceptors (Lipinski definition) is 4. The first-order chi connectivity index (χ1) is 14.8. The van der Waals surface area contributed by atoms with Crippen molar-refractivity contribution >= 4 is 0 Å². The number of hydrogen-bond donors (Lipinski definition) is 4. The van der Waals surface area contributed by atoms with Crippen LogP contribution in [0.2, 0.25) is 0 Å². The summed E-state index contributed by atoms with van der Waals surface area (Å²) in [6.45, 7) is 10.3. The summed E-state index contributed by atoms with van der Waals surface area (Å²) >= 11 is 0. The van der Waals surface area contributed by atoms with Crippen LogP contribution in [0.4, 0.5) is 0 Å². The van der Waals surface area contributed by atoms with E-state index in [4.69, 9.17) is 0 Å². The van der Waals surface area contributed by atoms with Crippen molar-refractivity contribution in [2.24, 2.45) is 40.4 Å². The Hall–Kier alpha value is -0.420. The van der Waals surface area contributed by atoms with Gasteiger partial charge in [-0.3, -0.25) is 5.32 Å². The summed E-state index contributed by atoms with van der Waals surface area (Å²) in [4.78, 5) is 0. The standard InChI is InChI=1S/C27H47NO3/c1-18-9-10-23-22(16-28-25(31)19-7-5-4-6-8-19)24(12-14-26(18,23)2)27(3)13-11-21(30)15-20(27)17-29/h19-25,28-31H,1,4-17H2,2-3H3. The highest BCUT2D eigenvalue weighted by molar-refractivity contribution is 5.21. The maximum absolute atomic E-state index is 11.0. The van der Waals surface area contributed by atoms with E-state index in [1.54, 1.807) is 0 Å². The zero-order valence-electron chi connectivity index (χ0n) is 20.0. The first-order valence-corrected chi connectivity index (χ1v) is 13.2. The highest BCUT2D eigenvalue weighted by atomic mass is 16.3. The molecule has 0 aliphatic heterocycles. The second-order valence-electron chi connectivity index (χ2n) is 12.0. The second-order valence-corrected chi connectivity index (χ2v) is 12.0. The van der Waals surface area contributed by atoms with Crippen molar-refractivity contribution in [2.75, 3.05) is 13.2 Å². The maximum atomic E-state index is 11.0. The molecular formula is C27H47NO3. The first-order valence-electron chi connectivity index (χ1n) is 13.2. The lowest BCUT2D eigenvalue weighted by Crippen LogP contribution is -2.54. The Bertz CT molecular complexity index is 632. The predicted molar refractivity (Wildman–Crippen MR) is 125 cm³/mol. The summed E-state index contributed by atoms with van der Waals surface area (Å²) < 4.78 is 0. The lowest BCUT2D eigenvalue weighted by molar-refractivity contribution is -0.0963. The molecule has 4 fully saturated rings. The van der Waals surface area contributed by atoms with E-state index in [9.17, 15) is 15.3 Å². The summed E-state index contributed by atoms with van der Waals surface area (Å²) in [5.74, 6) is 2.18. The number of rotatable bonds is 6. The van der Waals surface area contributed by atoms with Gasteiger partial charge in [0.2, 0.25) is 0 Å². The SMILES string of the molecule is C=C1CCC2C(CNC(O)C3CCCCC3)C(C3(C)CCC(O)CC3CO)CCC12C. The van der Waals surface area contributed by atoms with Crippen LogP contribution in [-0.4, -0.2) is 40.8 Å². The fourth-order valence-electron chi connectivity index (χ4n) is 8.34. The van der Waals surface area contributed by atoms with Crippen molar-refractivity contribution in [3.63, 3.8) is 0 Å². The van der Waals surface area contributed by atoms with E-state index < -0.39 is 6.23 Å². The highest BCUT2D eigenvalue weighted by Gasteiger charge is 2.56. The average molecular weight is 434 g/mol. The smallest absolute Gasteiger partial charge is 0.107 e. The highest BCUT2D eigenvalue weighted by Crippen LogP contribution is 2.63. The predicted octanol–water partition coefficient (Wildman–Crippen LogP) is 4.63. The fourth-order valence-corrected chi connectivity index (χ4v) is 8.34. The molecule has 4 nitrogen and oxygen atoms in total. The maximum Gasteiger partial charge on any atom is 0.107 e. The van der Waals surface area contributed by atoms with E-state index in [1.165, 1.54) is 44.1 Å². The monoisotopic (exact) mass is 433 g/mol. The van der Waals surface area contributed by atoms with Crippen LogP contribution in [0, 0.1) is 40.4 Å². The lowest BCUT2D eigenvalue weighted by Gasteiger charge is -2.56. The van der Waals surface area contributed by atoms with Crippen LogP contribution in [0.15, 0.2) is 12.2 Å². The Morgan fingerprint density at radius 2 is 1.77 bits per heavy atom. The normalized spacial score (nSPS) is 45.5. The lowest BCUT2D eigenvalue weighted by atomic mass is 9.49. The summed E-state index contributed by atoms with van der Waals surface area (Å²) in [7, 11) is 0. The number of aliphatic hydroxyl groups excluding tert-OH is 3. The average Bonchev–Trinajstić information content (AvgIpc) is 3.08. The molecule has 0 spiro atoms. The molecule has 4 N–H and O–H groups in total. The minimum atomic E-state index is -0.395. The van der Waals surface area contributed by atoms with Crippen molar-refractivity contribution in [3.8, 4) is 0 Å². The molecule has 31 heavy (non-hydrogen) atoms. The zero-order valence-corrected chi connectivity index (χ0v) is 20.0. The van der Waals surface area contributed by atoms with Gasteiger partial charge in [0.05, 0.1) is 6.10 Å². The molecule has 8 unspecified atom stereocenters. The number of fused-ring (bicyclic) bond motifs is 1. The summed E-state index contributed by atoms with van der Waals surface area (Å²) in [5.41, 5.74) is 1.70. The molecule has 4 rings (SSSR count). The van der Waals surface area contributed by atoms with Gasteiger partial charge in [-0.2, -0.15) is 0 Å². The van der Waals surface area contributed by atoms with E-state index in [0.29, 0.717) is 23.7 Å². The van der Waals surface area contributed by atoms with E-state index in [0.717, 1.165) is 45.1 Å². The van der Waals surface area contributed by atoms with Gasteiger partial charge < -0.3 is 15.3 Å². The summed E-state index contributed by atoms with van der Waals surface area (Å²) in [6, 6.07) is 0. The Balaban J connectivity index is 1.55. The van der Waals surface area contributed by atoms with Crippen LogP contribution >= 0.6 is 0 Å². The van der Waals surface area contributed by atoms with Crippen LogP contribution in [0.5, 0.6) is 0 Å². The molecule has 178 valence electrons. The molecule has 4 aliphatic carbocycles. The van der Waals surface area contributed by atoms with E-state index >= 15 is 0 Å². The van der Waals surface area contributed by atoms with Crippen LogP contribution in [0.1, 0.15) is 90.9 Å². The number of aliphatic hydroxyl groups is 3. The quantitative estimate of drug-likeness (QED) is 0.364. The fraction of sp³-hybridized carbons (Fsp3) is 0.926. The molecule has 0 bridgehead atoms. The third-order valence-corrected chi connectivity index (χ3v) is 10.6. The van der Waals surface area contributed by atoms with Gasteiger partial charge in [-0.05, 0) is 98.2 Å². The second kappa shape index (κ2) is 9.44. The number of nitrogens with one attached hydrogen (secondary N) is 1. The minimum absolute atomic E-state index is 0.0569. The third-order valence-electron chi connectivity index (χ3n) is 10.6. The van der Waals surface area contributed by atoms with E-state index in [-0.39, 0.29) is 29.5 Å². The van der Waals surface area contributed by atoms with Crippen LogP contribution in [0.25, 0.3) is 0 Å². The summed E-state index contributed by atoms with van der Waals surface area (Å²) in [6.07, 6.45) is 12.7. The van der Waals surface area contributed by atoms with Gasteiger partial charge in [0, 0.05) is 13.2 Å². The van der Waals surface area contributed by atoms with Crippen LogP contribution in [0.3, 0.4) is 0 Å². The van der Waals surface area contributed by atoms with Crippen molar-refractivity contribution in [2.45, 2.75) is 103 Å². The molecule has 4 saturated carbocycles. The first kappa shape index (κ1) is 23.7. The molecule has 0 amide bonds. The molecular weight excluding hydrogens is 386 g/mol. The van der Waals surface area contributed by atoms with E-state index in [2.05, 4.69) is 25.7 Å². The molecule has 0 aromatic rings. The van der Waals surface area contributed by atoms with Crippen LogP contribution < -0.4 is 5.32 Å². The molecule has 8 atom stereocenters. The van der Waals surface area contributed by atoms with Crippen LogP contribution in [-0.2, 0) is 0 Å². The Morgan fingerprint density at radius 1 is 1.03 bits per heavy atom. The minimum Gasteiger partial charge on any atom is -0.396 e. The van der Waals surface area contributed by atoms with Gasteiger partial charge in [-0.15, -0.1) is 0 Å². The Kier molecular flexibility index (Phi) is 7.23. The van der Waals surface area contributed by atoms with Gasteiger partial charge in [0.15, 0.2) is 0 Å². The molecule has 4 heteroatoms. The van der Waals surface area contributed by atoms with Crippen molar-refractivity contribution in [3.05, 3.63) is 12.2 Å². The molecule has 4 aliphatic rings. The largest absolute Gasteiger partial charge is 0.396 e. The van der Waals surface area contributed by atoms with Gasteiger partial charge in [-0.25, -0.2) is 0 Å². The van der Waals surface area contributed by atoms with Crippen molar-refractivity contribution in [1.29, 1.82) is 0 Å². The summed E-state index contributed by atoms with van der Waals surface area (Å²) in [5, 5.41) is 35.1. The topological polar surface area (TPSA) is 72.7 Å². The van der Waals surface area contributed by atoms with Gasteiger partial charge >= 0.3 is 0 Å². The molecule has 0 heterocycles. The van der Waals surface area contributed by atoms with Crippen molar-refractivity contribution in [1.82, 2.24) is 5.32 Å². The zero-order chi connectivity index (χ0) is 22.2. The van der Waals surface area contributed by atoms with E-state index in [1.807, 2.05) is 0 Å². The van der Waals surface area contributed by atoms with Crippen molar-refractivity contribution < 1.29 is 15.3 Å².